The Balaban J connectivity index is 1.58. The standard InChI is InChI=1S/C18H12Cl2F2N2O2/c19-11-3-10(4-12(20)6-11)17-24-14-2-1-9(5-15(14)26-17)16(25)23-13-7-18(21,22)8-13/h1-6,13H,7-8H2,(H,23,25). The third-order valence-corrected chi connectivity index (χ3v) is 4.62. The van der Waals surface area contributed by atoms with Crippen LogP contribution in [-0.4, -0.2) is 22.9 Å². The van der Waals surface area contributed by atoms with Gasteiger partial charge in [0.05, 0.1) is 0 Å². The maximum absolute atomic E-state index is 12.9. The number of alkyl halides is 2. The van der Waals surface area contributed by atoms with E-state index in [1.165, 1.54) is 6.07 Å². The zero-order chi connectivity index (χ0) is 18.5. The van der Waals surface area contributed by atoms with Crippen LogP contribution in [0.15, 0.2) is 40.8 Å². The van der Waals surface area contributed by atoms with Crippen LogP contribution < -0.4 is 5.32 Å². The highest BCUT2D eigenvalue weighted by atomic mass is 35.5. The van der Waals surface area contributed by atoms with E-state index in [-0.39, 0.29) is 12.8 Å². The van der Waals surface area contributed by atoms with Crippen molar-refractivity contribution in [2.45, 2.75) is 24.8 Å². The van der Waals surface area contributed by atoms with E-state index in [4.69, 9.17) is 27.6 Å². The van der Waals surface area contributed by atoms with Crippen molar-refractivity contribution in [2.24, 2.45) is 0 Å². The number of halogens is 4. The van der Waals surface area contributed by atoms with Gasteiger partial charge in [0, 0.05) is 40.1 Å². The molecule has 1 amide bonds. The molecule has 0 spiro atoms. The van der Waals surface area contributed by atoms with Crippen molar-refractivity contribution in [2.75, 3.05) is 0 Å². The molecule has 26 heavy (non-hydrogen) atoms. The Hall–Kier alpha value is -2.18. The van der Waals surface area contributed by atoms with Gasteiger partial charge in [-0.25, -0.2) is 13.8 Å². The van der Waals surface area contributed by atoms with Crippen LogP contribution in [0, 0.1) is 0 Å². The first kappa shape index (κ1) is 17.2. The van der Waals surface area contributed by atoms with Gasteiger partial charge in [0.2, 0.25) is 5.89 Å². The number of aromatic nitrogens is 1. The van der Waals surface area contributed by atoms with Crippen LogP contribution in [0.2, 0.25) is 10.0 Å². The highest BCUT2D eigenvalue weighted by molar-refractivity contribution is 6.35. The van der Waals surface area contributed by atoms with E-state index in [1.54, 1.807) is 30.3 Å². The molecule has 4 rings (SSSR count). The third-order valence-electron chi connectivity index (χ3n) is 4.19. The van der Waals surface area contributed by atoms with Gasteiger partial charge in [-0.2, -0.15) is 0 Å². The van der Waals surface area contributed by atoms with Gasteiger partial charge in [-0.15, -0.1) is 0 Å². The zero-order valence-electron chi connectivity index (χ0n) is 13.2. The molecule has 1 heterocycles. The molecular formula is C18H12Cl2F2N2O2. The van der Waals surface area contributed by atoms with Crippen molar-refractivity contribution in [1.82, 2.24) is 10.3 Å². The Bertz CT molecular complexity index is 991. The van der Waals surface area contributed by atoms with Gasteiger partial charge in [-0.3, -0.25) is 4.79 Å². The Morgan fingerprint density at radius 3 is 2.50 bits per heavy atom. The van der Waals surface area contributed by atoms with Crippen molar-refractivity contribution >= 4 is 40.2 Å². The van der Waals surface area contributed by atoms with Gasteiger partial charge in [-0.1, -0.05) is 23.2 Å². The van der Waals surface area contributed by atoms with E-state index in [0.29, 0.717) is 38.2 Å². The van der Waals surface area contributed by atoms with Crippen molar-refractivity contribution in [3.8, 4) is 11.5 Å². The number of nitrogens with one attached hydrogen (secondary N) is 1. The molecule has 0 unspecified atom stereocenters. The van der Waals surface area contributed by atoms with E-state index in [0.717, 1.165) is 0 Å². The van der Waals surface area contributed by atoms with Gasteiger partial charge in [0.1, 0.15) is 5.52 Å². The number of fused-ring (bicyclic) bond motifs is 1. The first-order chi connectivity index (χ1) is 12.3. The first-order valence-corrected chi connectivity index (χ1v) is 8.60. The van der Waals surface area contributed by atoms with Gasteiger partial charge in [-0.05, 0) is 36.4 Å². The summed E-state index contributed by atoms with van der Waals surface area (Å²) < 4.78 is 31.5. The van der Waals surface area contributed by atoms with Crippen LogP contribution in [0.1, 0.15) is 23.2 Å². The van der Waals surface area contributed by atoms with Crippen LogP contribution in [0.25, 0.3) is 22.6 Å². The predicted octanol–water partition coefficient (Wildman–Crippen LogP) is 5.33. The predicted molar refractivity (Wildman–Crippen MR) is 94.9 cm³/mol. The van der Waals surface area contributed by atoms with E-state index in [2.05, 4.69) is 10.3 Å². The molecule has 1 saturated carbocycles. The fourth-order valence-corrected chi connectivity index (χ4v) is 3.42. The zero-order valence-corrected chi connectivity index (χ0v) is 14.7. The van der Waals surface area contributed by atoms with Crippen LogP contribution >= 0.6 is 23.2 Å². The van der Waals surface area contributed by atoms with E-state index >= 15 is 0 Å². The number of hydrogen-bond donors (Lipinski definition) is 1. The number of nitrogens with zero attached hydrogens (tertiary/aromatic N) is 1. The fraction of sp³-hybridized carbons (Fsp3) is 0.222. The fourth-order valence-electron chi connectivity index (χ4n) is 2.90. The average Bonchev–Trinajstić information content (AvgIpc) is 2.95. The summed E-state index contributed by atoms with van der Waals surface area (Å²) in [6.45, 7) is 0. The summed E-state index contributed by atoms with van der Waals surface area (Å²) in [7, 11) is 0. The number of carbonyl (C=O) groups excluding carboxylic acids is 1. The number of benzene rings is 2. The summed E-state index contributed by atoms with van der Waals surface area (Å²) in [6.07, 6.45) is -0.661. The maximum Gasteiger partial charge on any atom is 0.252 e. The Kier molecular flexibility index (Phi) is 4.12. The first-order valence-electron chi connectivity index (χ1n) is 7.85. The molecule has 0 saturated heterocycles. The molecule has 8 heteroatoms. The van der Waals surface area contributed by atoms with Crippen molar-refractivity contribution in [1.29, 1.82) is 0 Å². The molecular weight excluding hydrogens is 385 g/mol. The summed E-state index contributed by atoms with van der Waals surface area (Å²) >= 11 is 12.0. The molecule has 0 atom stereocenters. The SMILES string of the molecule is O=C(NC1CC(F)(F)C1)c1ccc2nc(-c3cc(Cl)cc(Cl)c3)oc2c1. The number of oxazole rings is 1. The quantitative estimate of drug-likeness (QED) is 0.650. The lowest BCUT2D eigenvalue weighted by Gasteiger charge is -2.35. The molecule has 1 aliphatic rings. The van der Waals surface area contributed by atoms with E-state index < -0.39 is 17.9 Å². The molecule has 0 radical (unpaired) electrons. The van der Waals surface area contributed by atoms with Crippen LogP contribution in [0.3, 0.4) is 0 Å². The molecule has 0 bridgehead atoms. The lowest BCUT2D eigenvalue weighted by molar-refractivity contribution is -0.0901. The summed E-state index contributed by atoms with van der Waals surface area (Å²) in [6, 6.07) is 9.17. The molecule has 1 aromatic heterocycles. The summed E-state index contributed by atoms with van der Waals surface area (Å²) in [4.78, 5) is 16.6. The van der Waals surface area contributed by atoms with E-state index in [1.807, 2.05) is 0 Å². The van der Waals surface area contributed by atoms with Crippen LogP contribution in [0.4, 0.5) is 8.78 Å². The van der Waals surface area contributed by atoms with Crippen LogP contribution in [0.5, 0.6) is 0 Å². The third kappa shape index (κ3) is 3.39. The topological polar surface area (TPSA) is 55.1 Å². The number of rotatable bonds is 3. The molecule has 1 N–H and O–H groups in total. The highest BCUT2D eigenvalue weighted by Gasteiger charge is 2.45. The number of amides is 1. The normalized spacial score (nSPS) is 16.5. The number of hydrogen-bond acceptors (Lipinski definition) is 3. The minimum atomic E-state index is -2.68. The van der Waals surface area contributed by atoms with Gasteiger partial charge >= 0.3 is 0 Å². The number of carbonyl (C=O) groups is 1. The second-order valence-electron chi connectivity index (χ2n) is 6.29. The largest absolute Gasteiger partial charge is 0.436 e. The monoisotopic (exact) mass is 396 g/mol. The molecule has 134 valence electrons. The highest BCUT2D eigenvalue weighted by Crippen LogP contribution is 2.37. The summed E-state index contributed by atoms with van der Waals surface area (Å²) in [5.74, 6) is -2.78. The summed E-state index contributed by atoms with van der Waals surface area (Å²) in [5.41, 5.74) is 1.89. The second-order valence-corrected chi connectivity index (χ2v) is 7.17. The average molecular weight is 397 g/mol. The van der Waals surface area contributed by atoms with Gasteiger partial charge in [0.15, 0.2) is 5.58 Å². The molecule has 4 nitrogen and oxygen atoms in total. The summed E-state index contributed by atoms with van der Waals surface area (Å²) in [5, 5.41) is 3.49. The van der Waals surface area contributed by atoms with Crippen molar-refractivity contribution in [3.63, 3.8) is 0 Å². The Morgan fingerprint density at radius 2 is 1.85 bits per heavy atom. The molecule has 1 aliphatic carbocycles. The molecule has 3 aromatic rings. The molecule has 1 fully saturated rings. The molecule has 0 aliphatic heterocycles. The molecule has 2 aromatic carbocycles. The minimum Gasteiger partial charge on any atom is -0.436 e. The van der Waals surface area contributed by atoms with Crippen molar-refractivity contribution in [3.05, 3.63) is 52.0 Å². The second kappa shape index (κ2) is 6.21. The minimum absolute atomic E-state index is 0.319. The Labute approximate surface area is 157 Å². The lowest BCUT2D eigenvalue weighted by atomic mass is 9.88. The van der Waals surface area contributed by atoms with Crippen LogP contribution in [-0.2, 0) is 0 Å². The lowest BCUT2D eigenvalue weighted by Crippen LogP contribution is -2.50. The maximum atomic E-state index is 12.9. The van der Waals surface area contributed by atoms with Crippen molar-refractivity contribution < 1.29 is 18.0 Å². The van der Waals surface area contributed by atoms with Gasteiger partial charge < -0.3 is 9.73 Å². The smallest absolute Gasteiger partial charge is 0.252 e. The van der Waals surface area contributed by atoms with E-state index in [9.17, 15) is 13.6 Å². The Morgan fingerprint density at radius 1 is 1.15 bits per heavy atom. The van der Waals surface area contributed by atoms with Gasteiger partial charge in [0.25, 0.3) is 11.8 Å².